The van der Waals surface area contributed by atoms with Gasteiger partial charge in [-0.1, -0.05) is 19.1 Å². The second-order valence-electron chi connectivity index (χ2n) is 10.4. The molecule has 11 heteroatoms. The number of aliphatic hydroxyl groups excluding tert-OH is 1. The van der Waals surface area contributed by atoms with E-state index in [4.69, 9.17) is 19.9 Å². The van der Waals surface area contributed by atoms with Crippen molar-refractivity contribution in [1.82, 2.24) is 0 Å². The molecule has 11 nitrogen and oxygen atoms in total. The third-order valence-corrected chi connectivity index (χ3v) is 8.18. The van der Waals surface area contributed by atoms with E-state index in [1.807, 2.05) is 0 Å². The highest BCUT2D eigenvalue weighted by Crippen LogP contribution is 2.53. The fourth-order valence-corrected chi connectivity index (χ4v) is 6.04. The summed E-state index contributed by atoms with van der Waals surface area (Å²) in [6.45, 7) is 3.31. The van der Waals surface area contributed by atoms with Crippen molar-refractivity contribution < 1.29 is 49.0 Å². The van der Waals surface area contributed by atoms with Crippen molar-refractivity contribution >= 4 is 17.5 Å². The molecular weight excluding hydrogens is 510 g/mol. The molecule has 0 radical (unpaired) electrons. The summed E-state index contributed by atoms with van der Waals surface area (Å²) in [5, 5.41) is 43.8. The van der Waals surface area contributed by atoms with Gasteiger partial charge < -0.3 is 40.4 Å². The Bertz CT molecular complexity index is 1360. The lowest BCUT2D eigenvalue weighted by Crippen LogP contribution is -2.52. The molecule has 1 unspecified atom stereocenters. The number of hydrogen-bond acceptors (Lipinski definition) is 11. The molecule has 0 spiro atoms. The molecule has 0 saturated carbocycles. The van der Waals surface area contributed by atoms with E-state index in [0.717, 1.165) is 7.11 Å². The molecule has 0 aromatic heterocycles. The Labute approximate surface area is 224 Å². The van der Waals surface area contributed by atoms with Crippen LogP contribution in [0.3, 0.4) is 0 Å². The normalized spacial score (nSPS) is 31.7. The standard InChI is InChI=1S/C28H31NO10/c1-4-28(36)10-17(39-18-9-15(29)23(31)11(2)38-18)20-13(22(28)27(35)37-3)8-14-21(26(20)34)25(33)19-12(24(14)32)6-5-7-16(19)30/h5-8,11,15,17-18,22-23,30-31,34,36H,4,9-10,29H2,1-3H3/t11-,15-,17?,18-,22-,23-,28+/m0/s1. The van der Waals surface area contributed by atoms with Gasteiger partial charge in [0.05, 0.1) is 42.1 Å². The second kappa shape index (κ2) is 9.68. The van der Waals surface area contributed by atoms with E-state index in [2.05, 4.69) is 0 Å². The van der Waals surface area contributed by atoms with E-state index in [1.165, 1.54) is 24.3 Å². The van der Waals surface area contributed by atoms with Crippen molar-refractivity contribution in [3.05, 3.63) is 57.6 Å². The number of fused-ring (bicyclic) bond motifs is 3. The van der Waals surface area contributed by atoms with Gasteiger partial charge in [-0.15, -0.1) is 0 Å². The van der Waals surface area contributed by atoms with Crippen LogP contribution in [-0.4, -0.2) is 75.2 Å². The van der Waals surface area contributed by atoms with Gasteiger partial charge in [0.15, 0.2) is 12.1 Å². The van der Waals surface area contributed by atoms with Gasteiger partial charge in [-0.2, -0.15) is 0 Å². The Morgan fingerprint density at radius 3 is 2.54 bits per heavy atom. The Morgan fingerprint density at radius 1 is 1.18 bits per heavy atom. The van der Waals surface area contributed by atoms with Gasteiger partial charge in [-0.25, -0.2) is 0 Å². The van der Waals surface area contributed by atoms with E-state index in [1.54, 1.807) is 13.8 Å². The molecule has 1 fully saturated rings. The second-order valence-corrected chi connectivity index (χ2v) is 10.4. The van der Waals surface area contributed by atoms with E-state index in [0.29, 0.717) is 0 Å². The van der Waals surface area contributed by atoms with Crippen LogP contribution in [0.15, 0.2) is 24.3 Å². The van der Waals surface area contributed by atoms with E-state index < -0.39 is 71.2 Å². The predicted octanol–water partition coefficient (Wildman–Crippen LogP) is 1.56. The minimum absolute atomic E-state index is 0.0262. The summed E-state index contributed by atoms with van der Waals surface area (Å²) in [6.07, 6.45) is -3.60. The lowest BCUT2D eigenvalue weighted by Gasteiger charge is -2.45. The number of carbonyl (C=O) groups is 3. The molecule has 0 bridgehead atoms. The number of esters is 1. The zero-order chi connectivity index (χ0) is 28.4. The number of aliphatic hydroxyl groups is 2. The number of carbonyl (C=O) groups excluding carboxylic acids is 3. The SMILES string of the molecule is CC[C@@]1(O)CC(O[C@H]2C[C@H](N)[C@@H](O)[C@H](C)O2)c2c(cc3c(c2O)C(=O)c2c(O)cccc2C3=O)[C@H]1C(=O)OC. The van der Waals surface area contributed by atoms with Crippen LogP contribution in [0.5, 0.6) is 11.5 Å². The number of rotatable bonds is 4. The Hall–Kier alpha value is -3.35. The number of methoxy groups -OCH3 is 1. The van der Waals surface area contributed by atoms with Crippen LogP contribution in [0.4, 0.5) is 0 Å². The number of ether oxygens (including phenoxy) is 3. The van der Waals surface area contributed by atoms with Gasteiger partial charge in [0.2, 0.25) is 5.78 Å². The van der Waals surface area contributed by atoms with Crippen molar-refractivity contribution in [3.63, 3.8) is 0 Å². The van der Waals surface area contributed by atoms with Crippen LogP contribution in [0.2, 0.25) is 0 Å². The number of aromatic hydroxyl groups is 2. The number of nitrogens with two attached hydrogens (primary N) is 1. The van der Waals surface area contributed by atoms with Crippen LogP contribution < -0.4 is 5.73 Å². The van der Waals surface area contributed by atoms with Crippen LogP contribution in [0.25, 0.3) is 0 Å². The molecule has 3 aliphatic rings. The topological polar surface area (TPSA) is 186 Å². The number of ketones is 2. The van der Waals surface area contributed by atoms with Crippen molar-refractivity contribution in [2.24, 2.45) is 5.73 Å². The Morgan fingerprint density at radius 2 is 1.90 bits per heavy atom. The number of phenols is 2. The van der Waals surface area contributed by atoms with E-state index >= 15 is 0 Å². The van der Waals surface area contributed by atoms with Gasteiger partial charge in [-0.3, -0.25) is 14.4 Å². The maximum absolute atomic E-state index is 13.5. The van der Waals surface area contributed by atoms with Crippen molar-refractivity contribution in [1.29, 1.82) is 0 Å². The lowest BCUT2D eigenvalue weighted by atomic mass is 9.67. The molecule has 7 atom stereocenters. The summed E-state index contributed by atoms with van der Waals surface area (Å²) >= 11 is 0. The fourth-order valence-electron chi connectivity index (χ4n) is 6.04. The summed E-state index contributed by atoms with van der Waals surface area (Å²) < 4.78 is 17.0. The molecule has 2 aromatic carbocycles. The molecule has 2 aliphatic carbocycles. The van der Waals surface area contributed by atoms with Crippen molar-refractivity contribution in [2.45, 2.75) is 75.3 Å². The zero-order valence-electron chi connectivity index (χ0n) is 21.7. The maximum Gasteiger partial charge on any atom is 0.316 e. The highest BCUT2D eigenvalue weighted by Gasteiger charge is 2.53. The molecule has 208 valence electrons. The Balaban J connectivity index is 1.71. The van der Waals surface area contributed by atoms with Crippen LogP contribution in [-0.2, 0) is 19.0 Å². The Kier molecular flexibility index (Phi) is 6.76. The zero-order valence-corrected chi connectivity index (χ0v) is 21.7. The van der Waals surface area contributed by atoms with E-state index in [-0.39, 0.29) is 52.6 Å². The minimum atomic E-state index is -1.70. The van der Waals surface area contributed by atoms with Gasteiger partial charge >= 0.3 is 5.97 Å². The molecule has 2 aromatic rings. The maximum atomic E-state index is 13.5. The van der Waals surface area contributed by atoms with E-state index in [9.17, 15) is 34.8 Å². The van der Waals surface area contributed by atoms with Gasteiger partial charge in [-0.05, 0) is 31.0 Å². The molecule has 5 rings (SSSR count). The first-order valence-corrected chi connectivity index (χ1v) is 12.8. The number of benzene rings is 2. The highest BCUT2D eigenvalue weighted by atomic mass is 16.7. The van der Waals surface area contributed by atoms with Crippen LogP contribution >= 0.6 is 0 Å². The summed E-state index contributed by atoms with van der Waals surface area (Å²) in [6, 6.07) is 4.73. The highest BCUT2D eigenvalue weighted by molar-refractivity contribution is 6.30. The van der Waals surface area contributed by atoms with Gasteiger partial charge in [0.25, 0.3) is 0 Å². The first kappa shape index (κ1) is 27.2. The fraction of sp³-hybridized carbons (Fsp3) is 0.464. The van der Waals surface area contributed by atoms with Gasteiger partial charge in [0.1, 0.15) is 17.4 Å². The predicted molar refractivity (Wildman–Crippen MR) is 134 cm³/mol. The minimum Gasteiger partial charge on any atom is -0.507 e. The number of hydrogen-bond donors (Lipinski definition) is 5. The first-order chi connectivity index (χ1) is 18.4. The average Bonchev–Trinajstić information content (AvgIpc) is 2.89. The molecule has 6 N–H and O–H groups in total. The molecular formula is C28H31NO10. The summed E-state index contributed by atoms with van der Waals surface area (Å²) in [7, 11) is 1.16. The third kappa shape index (κ3) is 4.12. The van der Waals surface area contributed by atoms with Gasteiger partial charge in [0, 0.05) is 35.6 Å². The lowest BCUT2D eigenvalue weighted by molar-refractivity contribution is -0.248. The molecule has 1 aliphatic heterocycles. The third-order valence-electron chi connectivity index (χ3n) is 8.18. The summed E-state index contributed by atoms with van der Waals surface area (Å²) in [5.74, 6) is -4.51. The summed E-state index contributed by atoms with van der Waals surface area (Å²) in [4.78, 5) is 40.0. The van der Waals surface area contributed by atoms with Crippen LogP contribution in [0.1, 0.15) is 88.1 Å². The number of phenolic OH excluding ortho intramolecular Hbond substituents is 2. The summed E-state index contributed by atoms with van der Waals surface area (Å²) in [5.41, 5.74) is 3.67. The van der Waals surface area contributed by atoms with Crippen molar-refractivity contribution in [2.75, 3.05) is 7.11 Å². The quantitative estimate of drug-likeness (QED) is 0.302. The molecule has 1 saturated heterocycles. The smallest absolute Gasteiger partial charge is 0.316 e. The monoisotopic (exact) mass is 541 g/mol. The average molecular weight is 542 g/mol. The molecule has 0 amide bonds. The largest absolute Gasteiger partial charge is 0.507 e. The van der Waals surface area contributed by atoms with Crippen molar-refractivity contribution in [3.8, 4) is 11.5 Å². The molecule has 1 heterocycles. The van der Waals surface area contributed by atoms with Crippen LogP contribution in [0, 0.1) is 0 Å². The first-order valence-electron chi connectivity index (χ1n) is 12.8. The molecule has 39 heavy (non-hydrogen) atoms.